The molecule has 2 aromatic rings. The molecule has 3 N–H and O–H groups in total. The van der Waals surface area contributed by atoms with Gasteiger partial charge in [0.1, 0.15) is 0 Å². The first-order chi connectivity index (χ1) is 13.5. The zero-order valence-corrected chi connectivity index (χ0v) is 19.9. The molecule has 1 amide bonds. The topological polar surface area (TPSA) is 68.8 Å². The molecule has 1 atom stereocenters. The van der Waals surface area contributed by atoms with Crippen LogP contribution < -0.4 is 16.0 Å². The molecule has 6 nitrogen and oxygen atoms in total. The van der Waals surface area contributed by atoms with Crippen molar-refractivity contribution < 1.29 is 4.79 Å². The molecule has 0 fully saturated rings. The Morgan fingerprint density at radius 1 is 1.10 bits per heavy atom. The lowest BCUT2D eigenvalue weighted by Gasteiger charge is -2.18. The molecule has 0 aliphatic heterocycles. The Morgan fingerprint density at radius 2 is 1.83 bits per heavy atom. The third-order valence-corrected chi connectivity index (χ3v) is 4.09. The van der Waals surface area contributed by atoms with Gasteiger partial charge in [-0.1, -0.05) is 42.5 Å². The number of carbonyl (C=O) groups excluding carboxylic acids is 1. The maximum absolute atomic E-state index is 11.9. The molecule has 0 radical (unpaired) electrons. The maximum atomic E-state index is 11.9. The first-order valence-electron chi connectivity index (χ1n) is 9.61. The fourth-order valence-corrected chi connectivity index (χ4v) is 2.76. The van der Waals surface area contributed by atoms with Crippen LogP contribution >= 0.6 is 24.0 Å². The molecule has 2 aromatic carbocycles. The third kappa shape index (κ3) is 9.27. The SMILES string of the molecule is CCNC(=NCc1cccc(NC(=O)CN(C)C)c1)NC(C)c1ccccc1.I. The van der Waals surface area contributed by atoms with Crippen molar-refractivity contribution in [3.63, 3.8) is 0 Å². The third-order valence-electron chi connectivity index (χ3n) is 4.09. The van der Waals surface area contributed by atoms with E-state index in [1.54, 1.807) is 0 Å². The van der Waals surface area contributed by atoms with E-state index in [9.17, 15) is 4.79 Å². The Labute approximate surface area is 191 Å². The Morgan fingerprint density at radius 3 is 2.48 bits per heavy atom. The summed E-state index contributed by atoms with van der Waals surface area (Å²) < 4.78 is 0. The predicted octanol–water partition coefficient (Wildman–Crippen LogP) is 3.62. The molecule has 0 saturated carbocycles. The van der Waals surface area contributed by atoms with Crippen molar-refractivity contribution in [2.24, 2.45) is 4.99 Å². The lowest BCUT2D eigenvalue weighted by molar-refractivity contribution is -0.116. The molecular weight excluding hydrogens is 477 g/mol. The molecule has 0 aromatic heterocycles. The van der Waals surface area contributed by atoms with Crippen molar-refractivity contribution in [2.75, 3.05) is 32.5 Å². The lowest BCUT2D eigenvalue weighted by Crippen LogP contribution is -2.38. The van der Waals surface area contributed by atoms with Gasteiger partial charge in [0.25, 0.3) is 0 Å². The minimum Gasteiger partial charge on any atom is -0.357 e. The molecule has 2 rings (SSSR count). The van der Waals surface area contributed by atoms with E-state index < -0.39 is 0 Å². The van der Waals surface area contributed by atoms with Crippen molar-refractivity contribution in [3.05, 3.63) is 65.7 Å². The second-order valence-electron chi connectivity index (χ2n) is 6.96. The number of anilines is 1. The summed E-state index contributed by atoms with van der Waals surface area (Å²) >= 11 is 0. The van der Waals surface area contributed by atoms with Crippen molar-refractivity contribution in [1.29, 1.82) is 0 Å². The van der Waals surface area contributed by atoms with Crippen LogP contribution in [0.5, 0.6) is 0 Å². The number of rotatable bonds is 8. The van der Waals surface area contributed by atoms with Crippen molar-refractivity contribution >= 4 is 41.5 Å². The summed E-state index contributed by atoms with van der Waals surface area (Å²) in [4.78, 5) is 18.5. The minimum absolute atomic E-state index is 0. The quantitative estimate of drug-likeness (QED) is 0.289. The van der Waals surface area contributed by atoms with Crippen LogP contribution in [-0.2, 0) is 11.3 Å². The number of likely N-dealkylation sites (N-methyl/N-ethyl adjacent to an activating group) is 1. The summed E-state index contributed by atoms with van der Waals surface area (Å²) in [6.07, 6.45) is 0. The summed E-state index contributed by atoms with van der Waals surface area (Å²) in [5.74, 6) is 0.734. The van der Waals surface area contributed by atoms with E-state index in [1.807, 2.05) is 68.4 Å². The van der Waals surface area contributed by atoms with Gasteiger partial charge in [-0.15, -0.1) is 24.0 Å². The first-order valence-corrected chi connectivity index (χ1v) is 9.61. The second kappa shape index (κ2) is 13.2. The van der Waals surface area contributed by atoms with Gasteiger partial charge in [-0.2, -0.15) is 0 Å². The number of guanidine groups is 1. The van der Waals surface area contributed by atoms with Crippen LogP contribution in [0.15, 0.2) is 59.6 Å². The molecule has 0 aliphatic rings. The van der Waals surface area contributed by atoms with Crippen LogP contribution in [0.1, 0.15) is 31.0 Å². The molecule has 1 unspecified atom stereocenters. The number of benzene rings is 2. The molecule has 0 aliphatic carbocycles. The van der Waals surface area contributed by atoms with E-state index in [4.69, 9.17) is 4.99 Å². The molecular formula is C22H32IN5O. The highest BCUT2D eigenvalue weighted by Crippen LogP contribution is 2.13. The van der Waals surface area contributed by atoms with Crippen LogP contribution in [0.3, 0.4) is 0 Å². The number of nitrogens with zero attached hydrogens (tertiary/aromatic N) is 2. The standard InChI is InChI=1S/C22H31N5O.HI/c1-5-23-22(25-17(2)19-11-7-6-8-12-19)24-15-18-10-9-13-20(14-18)26-21(28)16-27(3)4;/h6-14,17H,5,15-16H2,1-4H3,(H,26,28)(H2,23,24,25);1H. The zero-order valence-electron chi connectivity index (χ0n) is 17.6. The van der Waals surface area contributed by atoms with E-state index in [-0.39, 0.29) is 35.9 Å². The van der Waals surface area contributed by atoms with Crippen LogP contribution in [-0.4, -0.2) is 44.0 Å². The van der Waals surface area contributed by atoms with E-state index in [0.29, 0.717) is 13.1 Å². The van der Waals surface area contributed by atoms with Gasteiger partial charge in [0.15, 0.2) is 5.96 Å². The average molecular weight is 509 g/mol. The second-order valence-corrected chi connectivity index (χ2v) is 6.96. The molecule has 7 heteroatoms. The number of halogens is 1. The van der Waals surface area contributed by atoms with Crippen molar-refractivity contribution in [1.82, 2.24) is 15.5 Å². The van der Waals surface area contributed by atoms with Gasteiger partial charge in [0.05, 0.1) is 19.1 Å². The number of hydrogen-bond acceptors (Lipinski definition) is 3. The Kier molecular flexibility index (Phi) is 11.3. The molecule has 29 heavy (non-hydrogen) atoms. The largest absolute Gasteiger partial charge is 0.357 e. The summed E-state index contributed by atoms with van der Waals surface area (Å²) in [5.41, 5.74) is 3.03. The van der Waals surface area contributed by atoms with E-state index in [1.165, 1.54) is 5.56 Å². The Balaban J connectivity index is 0.00000420. The number of carbonyl (C=O) groups is 1. The number of nitrogens with one attached hydrogen (secondary N) is 3. The fraction of sp³-hybridized carbons (Fsp3) is 0.364. The summed E-state index contributed by atoms with van der Waals surface area (Å²) in [6, 6.07) is 18.2. The summed E-state index contributed by atoms with van der Waals surface area (Å²) in [7, 11) is 3.74. The van der Waals surface area contributed by atoms with Crippen LogP contribution in [0.4, 0.5) is 5.69 Å². The van der Waals surface area contributed by atoms with Gasteiger partial charge in [0, 0.05) is 12.2 Å². The van der Waals surface area contributed by atoms with Gasteiger partial charge in [-0.3, -0.25) is 4.79 Å². The molecule has 0 bridgehead atoms. The van der Waals surface area contributed by atoms with Crippen LogP contribution in [0.2, 0.25) is 0 Å². The van der Waals surface area contributed by atoms with E-state index in [2.05, 4.69) is 35.0 Å². The van der Waals surface area contributed by atoms with Gasteiger partial charge in [-0.05, 0) is 51.2 Å². The van der Waals surface area contributed by atoms with E-state index >= 15 is 0 Å². The van der Waals surface area contributed by atoms with Crippen LogP contribution in [0, 0.1) is 0 Å². The first kappa shape index (κ1) is 24.9. The Hall–Kier alpha value is -2.13. The minimum atomic E-state index is -0.0302. The summed E-state index contributed by atoms with van der Waals surface area (Å²) in [6.45, 7) is 5.82. The van der Waals surface area contributed by atoms with Crippen LogP contribution in [0.25, 0.3) is 0 Å². The molecule has 0 saturated heterocycles. The fourth-order valence-electron chi connectivity index (χ4n) is 2.76. The van der Waals surface area contributed by atoms with E-state index in [0.717, 1.165) is 23.8 Å². The number of aliphatic imine (C=N–C) groups is 1. The van der Waals surface area contributed by atoms with Gasteiger partial charge in [0.2, 0.25) is 5.91 Å². The monoisotopic (exact) mass is 509 g/mol. The number of amides is 1. The molecule has 0 heterocycles. The normalized spacial score (nSPS) is 12.1. The average Bonchev–Trinajstić information content (AvgIpc) is 2.66. The van der Waals surface area contributed by atoms with Gasteiger partial charge < -0.3 is 20.9 Å². The van der Waals surface area contributed by atoms with Gasteiger partial charge >= 0.3 is 0 Å². The Bertz CT molecular complexity index is 780. The summed E-state index contributed by atoms with van der Waals surface area (Å²) in [5, 5.41) is 9.64. The molecule has 158 valence electrons. The highest BCUT2D eigenvalue weighted by molar-refractivity contribution is 14.0. The predicted molar refractivity (Wildman–Crippen MR) is 132 cm³/mol. The number of hydrogen-bond donors (Lipinski definition) is 3. The van der Waals surface area contributed by atoms with Gasteiger partial charge in [-0.25, -0.2) is 4.99 Å². The smallest absolute Gasteiger partial charge is 0.238 e. The highest BCUT2D eigenvalue weighted by Gasteiger charge is 2.08. The highest BCUT2D eigenvalue weighted by atomic mass is 127. The lowest BCUT2D eigenvalue weighted by atomic mass is 10.1. The maximum Gasteiger partial charge on any atom is 0.238 e. The van der Waals surface area contributed by atoms with Crippen molar-refractivity contribution in [2.45, 2.75) is 26.4 Å². The van der Waals surface area contributed by atoms with Crippen molar-refractivity contribution in [3.8, 4) is 0 Å². The zero-order chi connectivity index (χ0) is 20.4. The molecule has 0 spiro atoms.